The van der Waals surface area contributed by atoms with Gasteiger partial charge in [0.05, 0.1) is 4.83 Å². The largest absolute Gasteiger partial charge is 0.312 e. The summed E-state index contributed by atoms with van der Waals surface area (Å²) in [5.41, 5.74) is 1.88. The number of rotatable bonds is 5. The van der Waals surface area contributed by atoms with Crippen molar-refractivity contribution >= 4 is 39.1 Å². The zero-order valence-corrected chi connectivity index (χ0v) is 14.1. The second-order valence-electron chi connectivity index (χ2n) is 4.68. The predicted molar refractivity (Wildman–Crippen MR) is 92.3 cm³/mol. The summed E-state index contributed by atoms with van der Waals surface area (Å²) in [7, 11) is 0. The van der Waals surface area contributed by atoms with E-state index in [1.54, 1.807) is 4.90 Å². The van der Waals surface area contributed by atoms with E-state index in [2.05, 4.69) is 15.9 Å². The summed E-state index contributed by atoms with van der Waals surface area (Å²) in [5, 5.41) is 0.692. The Bertz CT molecular complexity index is 603. The minimum atomic E-state index is -0.294. The fourth-order valence-electron chi connectivity index (χ4n) is 2.19. The van der Waals surface area contributed by atoms with Gasteiger partial charge in [-0.05, 0) is 37.1 Å². The number of alkyl halides is 1. The van der Waals surface area contributed by atoms with Crippen molar-refractivity contribution in [1.82, 2.24) is 0 Å². The lowest BCUT2D eigenvalue weighted by Crippen LogP contribution is -2.37. The molecule has 0 aliphatic carbocycles. The van der Waals surface area contributed by atoms with Crippen LogP contribution in [-0.2, 0) is 11.2 Å². The van der Waals surface area contributed by atoms with Crippen LogP contribution in [0.25, 0.3) is 0 Å². The van der Waals surface area contributed by atoms with Crippen molar-refractivity contribution in [3.8, 4) is 0 Å². The van der Waals surface area contributed by atoms with Gasteiger partial charge in [0.2, 0.25) is 5.91 Å². The van der Waals surface area contributed by atoms with Crippen molar-refractivity contribution in [2.45, 2.75) is 18.2 Å². The maximum absolute atomic E-state index is 12.6. The first-order chi connectivity index (χ1) is 10.1. The third-order valence-electron chi connectivity index (χ3n) is 3.28. The molecule has 110 valence electrons. The molecule has 0 bridgehead atoms. The molecule has 0 N–H and O–H groups in total. The number of carbonyl (C=O) groups excluding carboxylic acids is 1. The number of hydrogen-bond acceptors (Lipinski definition) is 1. The molecule has 1 atom stereocenters. The Labute approximate surface area is 138 Å². The molecule has 1 amide bonds. The Balaban J connectivity index is 2.13. The topological polar surface area (TPSA) is 20.3 Å². The lowest BCUT2D eigenvalue weighted by Gasteiger charge is -2.24. The lowest BCUT2D eigenvalue weighted by atomic mass is 10.1. The Morgan fingerprint density at radius 3 is 2.38 bits per heavy atom. The lowest BCUT2D eigenvalue weighted by molar-refractivity contribution is -0.117. The summed E-state index contributed by atoms with van der Waals surface area (Å²) >= 11 is 9.66. The Hall–Kier alpha value is -1.32. The van der Waals surface area contributed by atoms with Crippen LogP contribution < -0.4 is 4.90 Å². The van der Waals surface area contributed by atoms with Crippen molar-refractivity contribution in [2.24, 2.45) is 0 Å². The number of carbonyl (C=O) groups is 1. The van der Waals surface area contributed by atoms with Crippen molar-refractivity contribution in [2.75, 3.05) is 11.4 Å². The highest BCUT2D eigenvalue weighted by Gasteiger charge is 2.23. The minimum absolute atomic E-state index is 0.0450. The second-order valence-corrected chi connectivity index (χ2v) is 6.19. The highest BCUT2D eigenvalue weighted by molar-refractivity contribution is 9.10. The quantitative estimate of drug-likeness (QED) is 0.702. The molecular formula is C17H17BrClNO. The van der Waals surface area contributed by atoms with Gasteiger partial charge in [-0.2, -0.15) is 0 Å². The van der Waals surface area contributed by atoms with Crippen LogP contribution in [-0.4, -0.2) is 17.3 Å². The van der Waals surface area contributed by atoms with Gasteiger partial charge in [-0.15, -0.1) is 0 Å². The summed E-state index contributed by atoms with van der Waals surface area (Å²) in [6.07, 6.45) is 0.571. The van der Waals surface area contributed by atoms with Gasteiger partial charge < -0.3 is 4.90 Å². The number of para-hydroxylation sites is 1. The van der Waals surface area contributed by atoms with Gasteiger partial charge >= 0.3 is 0 Å². The minimum Gasteiger partial charge on any atom is -0.312 e. The van der Waals surface area contributed by atoms with Crippen molar-refractivity contribution in [3.63, 3.8) is 0 Å². The normalized spacial score (nSPS) is 12.0. The van der Waals surface area contributed by atoms with E-state index in [0.717, 1.165) is 11.3 Å². The van der Waals surface area contributed by atoms with Gasteiger partial charge in [0.15, 0.2) is 0 Å². The van der Waals surface area contributed by atoms with Crippen LogP contribution in [0, 0.1) is 0 Å². The molecule has 2 rings (SSSR count). The number of amides is 1. The van der Waals surface area contributed by atoms with Gasteiger partial charge in [-0.25, -0.2) is 0 Å². The highest BCUT2D eigenvalue weighted by atomic mass is 79.9. The van der Waals surface area contributed by atoms with E-state index < -0.39 is 0 Å². The van der Waals surface area contributed by atoms with Crippen LogP contribution in [0.2, 0.25) is 5.02 Å². The van der Waals surface area contributed by atoms with Crippen LogP contribution in [0.3, 0.4) is 0 Å². The number of hydrogen-bond donors (Lipinski definition) is 0. The van der Waals surface area contributed by atoms with E-state index in [4.69, 9.17) is 11.6 Å². The first kappa shape index (κ1) is 16.1. The molecule has 0 fully saturated rings. The summed E-state index contributed by atoms with van der Waals surface area (Å²) < 4.78 is 0. The smallest absolute Gasteiger partial charge is 0.241 e. The predicted octanol–water partition coefficient (Wildman–Crippen LogP) is 4.70. The summed E-state index contributed by atoms with van der Waals surface area (Å²) in [4.78, 5) is 14.1. The fourth-order valence-corrected chi connectivity index (χ4v) is 3.00. The monoisotopic (exact) mass is 365 g/mol. The van der Waals surface area contributed by atoms with E-state index in [1.165, 1.54) is 0 Å². The molecule has 2 nitrogen and oxygen atoms in total. The summed E-state index contributed by atoms with van der Waals surface area (Å²) in [5.74, 6) is 0.0450. The molecule has 4 heteroatoms. The molecule has 21 heavy (non-hydrogen) atoms. The average molecular weight is 367 g/mol. The molecular weight excluding hydrogens is 350 g/mol. The maximum atomic E-state index is 12.6. The van der Waals surface area contributed by atoms with Crippen LogP contribution in [0.1, 0.15) is 12.5 Å². The van der Waals surface area contributed by atoms with Crippen LogP contribution >= 0.6 is 27.5 Å². The fraction of sp³-hybridized carbons (Fsp3) is 0.235. The molecule has 0 radical (unpaired) electrons. The van der Waals surface area contributed by atoms with E-state index in [-0.39, 0.29) is 10.7 Å². The SMILES string of the molecule is CCN(C(=O)C(Br)Cc1ccccc1Cl)c1ccccc1. The van der Waals surface area contributed by atoms with E-state index >= 15 is 0 Å². The first-order valence-electron chi connectivity index (χ1n) is 6.87. The highest BCUT2D eigenvalue weighted by Crippen LogP contribution is 2.22. The molecule has 0 heterocycles. The van der Waals surface area contributed by atoms with Gasteiger partial charge in [-0.1, -0.05) is 63.9 Å². The maximum Gasteiger partial charge on any atom is 0.241 e. The zero-order valence-electron chi connectivity index (χ0n) is 11.8. The van der Waals surface area contributed by atoms with Gasteiger partial charge in [0, 0.05) is 17.3 Å². The van der Waals surface area contributed by atoms with Crippen molar-refractivity contribution in [1.29, 1.82) is 0 Å². The molecule has 1 unspecified atom stereocenters. The zero-order chi connectivity index (χ0) is 15.2. The van der Waals surface area contributed by atoms with Gasteiger partial charge in [0.25, 0.3) is 0 Å². The van der Waals surface area contributed by atoms with Crippen molar-refractivity contribution < 1.29 is 4.79 Å². The number of anilines is 1. The Morgan fingerprint density at radius 2 is 1.76 bits per heavy atom. The Kier molecular flexibility index (Phi) is 5.83. The molecule has 0 saturated heterocycles. The number of benzene rings is 2. The Morgan fingerprint density at radius 1 is 1.14 bits per heavy atom. The number of halogens is 2. The molecule has 0 spiro atoms. The summed E-state index contributed by atoms with van der Waals surface area (Å²) in [6, 6.07) is 17.3. The third kappa shape index (κ3) is 4.08. The van der Waals surface area contributed by atoms with E-state index in [0.29, 0.717) is 18.0 Å². The van der Waals surface area contributed by atoms with E-state index in [1.807, 2.05) is 61.5 Å². The molecule has 0 aromatic heterocycles. The standard InChI is InChI=1S/C17H17BrClNO/c1-2-20(14-9-4-3-5-10-14)17(21)15(18)12-13-8-6-7-11-16(13)19/h3-11,15H,2,12H2,1H3. The van der Waals surface area contributed by atoms with Crippen molar-refractivity contribution in [3.05, 3.63) is 65.2 Å². The molecule has 2 aromatic carbocycles. The third-order valence-corrected chi connectivity index (χ3v) is 4.36. The molecule has 2 aromatic rings. The average Bonchev–Trinajstić information content (AvgIpc) is 2.51. The molecule has 0 aliphatic heterocycles. The molecule has 0 saturated carbocycles. The second kappa shape index (κ2) is 7.62. The number of nitrogens with zero attached hydrogens (tertiary/aromatic N) is 1. The van der Waals surface area contributed by atoms with Gasteiger partial charge in [0.1, 0.15) is 0 Å². The van der Waals surface area contributed by atoms with Crippen LogP contribution in [0.5, 0.6) is 0 Å². The van der Waals surface area contributed by atoms with Crippen LogP contribution in [0.4, 0.5) is 5.69 Å². The molecule has 0 aliphatic rings. The van der Waals surface area contributed by atoms with Gasteiger partial charge in [-0.3, -0.25) is 4.79 Å². The van der Waals surface area contributed by atoms with Crippen LogP contribution in [0.15, 0.2) is 54.6 Å². The van der Waals surface area contributed by atoms with E-state index in [9.17, 15) is 4.79 Å². The summed E-state index contributed by atoms with van der Waals surface area (Å²) in [6.45, 7) is 2.60. The first-order valence-corrected chi connectivity index (χ1v) is 8.16.